The van der Waals surface area contributed by atoms with Crippen LogP contribution >= 0.6 is 11.8 Å². The number of methoxy groups -OCH3 is 1. The summed E-state index contributed by atoms with van der Waals surface area (Å²) in [5, 5.41) is -1.84. The van der Waals surface area contributed by atoms with Crippen molar-refractivity contribution in [2.24, 2.45) is 0 Å². The number of rotatable bonds is 12. The van der Waals surface area contributed by atoms with Crippen LogP contribution in [0.4, 0.5) is 22.0 Å². The molecule has 1 fully saturated rings. The number of benzene rings is 4. The van der Waals surface area contributed by atoms with Crippen molar-refractivity contribution in [1.82, 2.24) is 14.4 Å². The van der Waals surface area contributed by atoms with E-state index in [0.29, 0.717) is 4.90 Å². The van der Waals surface area contributed by atoms with Crippen LogP contribution in [0.25, 0.3) is 22.0 Å². The van der Waals surface area contributed by atoms with E-state index in [9.17, 15) is 25.1 Å². The quantitative estimate of drug-likeness (QED) is 0.0939. The summed E-state index contributed by atoms with van der Waals surface area (Å²) >= 11 is 0.110. The van der Waals surface area contributed by atoms with Gasteiger partial charge in [0, 0.05) is 64.7 Å². The van der Waals surface area contributed by atoms with Crippen LogP contribution < -0.4 is 5.43 Å². The lowest BCUT2D eigenvalue weighted by molar-refractivity contribution is -0.137. The molecule has 6 rings (SSSR count). The van der Waals surface area contributed by atoms with Gasteiger partial charge in [-0.2, -0.15) is 13.2 Å². The highest BCUT2D eigenvalue weighted by Crippen LogP contribution is 2.32. The number of nitrogens with zero attached hydrogens (tertiary/aromatic N) is 3. The minimum atomic E-state index is -5.41. The first-order chi connectivity index (χ1) is 34.3. The number of aromatic nitrogens is 1. The third kappa shape index (κ3) is 9.17. The van der Waals surface area contributed by atoms with Crippen molar-refractivity contribution >= 4 is 28.6 Å². The van der Waals surface area contributed by atoms with Crippen molar-refractivity contribution in [3.05, 3.63) is 135 Å². The molecule has 0 radical (unpaired) electrons. The van der Waals surface area contributed by atoms with E-state index in [1.54, 1.807) is 0 Å². The average molecular weight is 772 g/mol. The van der Waals surface area contributed by atoms with Gasteiger partial charge in [-0.1, -0.05) is 59.9 Å². The fraction of sp³-hybridized carbons (Fsp3) is 0.317. The summed E-state index contributed by atoms with van der Waals surface area (Å²) in [6, 6.07) is -19.2. The second kappa shape index (κ2) is 16.7. The van der Waals surface area contributed by atoms with Crippen molar-refractivity contribution in [1.29, 1.82) is 0 Å². The van der Waals surface area contributed by atoms with Crippen LogP contribution in [-0.2, 0) is 34.5 Å². The maximum atomic E-state index is 15.4. The van der Waals surface area contributed by atoms with Crippen LogP contribution in [0.3, 0.4) is 0 Å². The van der Waals surface area contributed by atoms with Gasteiger partial charge in [0.15, 0.2) is 17.1 Å². The Morgan fingerprint density at radius 3 is 2.38 bits per heavy atom. The molecular weight excluding hydrogens is 710 g/mol. The van der Waals surface area contributed by atoms with Gasteiger partial charge in [0.1, 0.15) is 6.50 Å². The molecule has 0 atom stereocenters. The zero-order valence-corrected chi connectivity index (χ0v) is 28.2. The second-order valence-electron chi connectivity index (χ2n) is 11.4. The van der Waals surface area contributed by atoms with Gasteiger partial charge in [0.05, 0.1) is 50.1 Å². The van der Waals surface area contributed by atoms with Gasteiger partial charge in [-0.3, -0.25) is 9.59 Å². The molecule has 5 aromatic rings. The largest absolute Gasteiger partial charge is 0.416 e. The Labute approximate surface area is 340 Å². The zero-order valence-electron chi connectivity index (χ0n) is 49.4. The van der Waals surface area contributed by atoms with Crippen LogP contribution in [0, 0.1) is 18.6 Å². The molecule has 278 valence electrons. The molecule has 0 unspecified atom stereocenters. The molecule has 1 aliphatic heterocycles. The van der Waals surface area contributed by atoms with Gasteiger partial charge >= 0.3 is 6.18 Å². The molecule has 2 heterocycles. The number of halogens is 5. The number of thioether (sulfide) groups is 1. The number of pyridine rings is 1. The van der Waals surface area contributed by atoms with E-state index in [-0.39, 0.29) is 47.8 Å². The highest BCUT2D eigenvalue weighted by molar-refractivity contribution is 7.98. The normalized spacial score (nSPS) is 20.9. The van der Waals surface area contributed by atoms with E-state index in [0.717, 1.165) is 11.8 Å². The van der Waals surface area contributed by atoms with E-state index in [1.165, 1.54) is 0 Å². The molecule has 53 heavy (non-hydrogen) atoms. The lowest BCUT2D eigenvalue weighted by atomic mass is 10.00. The fourth-order valence-corrected chi connectivity index (χ4v) is 6.18. The van der Waals surface area contributed by atoms with E-state index in [4.69, 9.17) is 32.2 Å². The number of ether oxygens (including phenoxy) is 1. The van der Waals surface area contributed by atoms with Crippen molar-refractivity contribution in [3.63, 3.8) is 0 Å². The lowest BCUT2D eigenvalue weighted by Gasteiger charge is -2.39. The number of alkyl halides is 3. The summed E-state index contributed by atoms with van der Waals surface area (Å²) in [6.45, 7) is -8.06. The SMILES string of the molecule is [2H]c1c([2H])c(F)c(F)c(CSc2c([2H])c(=O)c3c([2H])c(C)c([2H])c([2H])c3n2C([2H])([2H])C(=O)N(Cc2c([2H])c([2H])c(-c3c([2H])c([2H])c(C(F)(F)F)c([2H])c3[2H])c([2H])c2[2H])C2CCN(C([2H])([2H])COC([2H])([2H])[2H])CC2)c1[2H]. The summed E-state index contributed by atoms with van der Waals surface area (Å²) in [7, 11) is -3.03. The van der Waals surface area contributed by atoms with Gasteiger partial charge in [-0.25, -0.2) is 8.78 Å². The molecular formula is C41H40F5N3O3S. The summed E-state index contributed by atoms with van der Waals surface area (Å²) < 4.78 is 263. The highest BCUT2D eigenvalue weighted by Gasteiger charge is 2.31. The number of hydrogen-bond acceptors (Lipinski definition) is 5. The zero-order chi connectivity index (χ0) is 56.8. The topological polar surface area (TPSA) is 54.8 Å². The Balaban J connectivity index is 1.60. The Bertz CT molecular complexity index is 3170. The van der Waals surface area contributed by atoms with Crippen molar-refractivity contribution in [2.45, 2.75) is 55.8 Å². The van der Waals surface area contributed by atoms with Crippen molar-refractivity contribution < 1.29 is 61.6 Å². The second-order valence-corrected chi connectivity index (χ2v) is 12.4. The van der Waals surface area contributed by atoms with E-state index < -0.39 is 209 Å². The van der Waals surface area contributed by atoms with Crippen LogP contribution in [-0.4, -0.2) is 59.5 Å². The molecule has 0 aliphatic carbocycles. The van der Waals surface area contributed by atoms with E-state index in [2.05, 4.69) is 0 Å². The first-order valence-electron chi connectivity index (χ1n) is 26.5. The Kier molecular flexibility index (Phi) is 6.03. The summed E-state index contributed by atoms with van der Waals surface area (Å²) in [5.74, 6) is -6.48. The number of carbonyl (C=O) groups is 1. The van der Waals surface area contributed by atoms with Crippen LogP contribution in [0.2, 0.25) is 0 Å². The molecule has 1 aromatic heterocycles. The first kappa shape index (κ1) is 19.2. The summed E-state index contributed by atoms with van der Waals surface area (Å²) in [5.41, 5.74) is -8.45. The molecule has 12 heteroatoms. The van der Waals surface area contributed by atoms with Crippen LogP contribution in [0.5, 0.6) is 0 Å². The molecule has 0 N–H and O–H groups in total. The molecule has 1 saturated heterocycles. The van der Waals surface area contributed by atoms with Gasteiger partial charge < -0.3 is 19.1 Å². The van der Waals surface area contributed by atoms with Crippen LogP contribution in [0.1, 0.15) is 65.3 Å². The minimum absolute atomic E-state index is 0.110. The molecule has 0 saturated carbocycles. The van der Waals surface area contributed by atoms with Crippen molar-refractivity contribution in [3.8, 4) is 11.1 Å². The third-order valence-corrected chi connectivity index (χ3v) is 8.88. The Morgan fingerprint density at radius 1 is 1.00 bits per heavy atom. The predicted octanol–water partition coefficient (Wildman–Crippen LogP) is 8.71. The number of fused-ring (bicyclic) bond motifs is 1. The van der Waals surface area contributed by atoms with E-state index in [1.807, 2.05) is 0 Å². The highest BCUT2D eigenvalue weighted by atomic mass is 32.2. The standard InChI is InChI=1S/C41H40F5N3O3S/c1-27-6-15-36-34(22-27)37(50)23-39(53-26-31-4-3-5-35(42)40(31)43)49(36)25-38(51)48(33-16-18-47(19-17-33)20-21-52-2)24-28-7-9-29(10-8-28)30-11-13-32(14-12-30)41(44,45)46/h3-15,22-23,33H,16-21,24-26H2,1-2H3/i2D3,3D,4D,5D,6D,7D,8D,9D,10D,11D,12D,13D,14D,15D,20D2,22D,23D,25D2. The molecule has 0 spiro atoms. The maximum Gasteiger partial charge on any atom is 0.416 e. The summed E-state index contributed by atoms with van der Waals surface area (Å²) in [4.78, 5) is 31.2. The van der Waals surface area contributed by atoms with Crippen molar-refractivity contribution in [2.75, 3.05) is 33.2 Å². The number of amides is 1. The Hall–Kier alpha value is -4.52. The minimum Gasteiger partial charge on any atom is -0.383 e. The number of likely N-dealkylation sites (tertiary alicyclic amines) is 1. The van der Waals surface area contributed by atoms with Crippen LogP contribution in [0.15, 0.2) is 100 Å². The monoisotopic (exact) mass is 771 g/mol. The number of hydrogen-bond donors (Lipinski definition) is 0. The number of carbonyl (C=O) groups excluding carboxylic acids is 1. The summed E-state index contributed by atoms with van der Waals surface area (Å²) in [6.07, 6.45) is -6.14. The van der Waals surface area contributed by atoms with Gasteiger partial charge in [0.2, 0.25) is 5.91 Å². The number of piperidine rings is 1. The molecule has 1 aliphatic rings. The maximum absolute atomic E-state index is 15.4. The fourth-order valence-electron chi connectivity index (χ4n) is 5.27. The third-order valence-electron chi connectivity index (χ3n) is 7.89. The first-order valence-corrected chi connectivity index (χ1v) is 16.5. The molecule has 0 bridgehead atoms. The molecule has 6 nitrogen and oxygen atoms in total. The average Bonchev–Trinajstić information content (AvgIpc) is 3.33. The lowest BCUT2D eigenvalue weighted by Crippen LogP contribution is -2.48. The van der Waals surface area contributed by atoms with Gasteiger partial charge in [0.25, 0.3) is 0 Å². The smallest absolute Gasteiger partial charge is 0.383 e. The molecule has 1 amide bonds. The predicted molar refractivity (Wildman–Crippen MR) is 198 cm³/mol. The Morgan fingerprint density at radius 2 is 1.70 bits per heavy atom. The van der Waals surface area contributed by atoms with Gasteiger partial charge in [-0.05, 0) is 66.7 Å². The van der Waals surface area contributed by atoms with E-state index >= 15 is 9.18 Å². The molecule has 4 aromatic carbocycles. The van der Waals surface area contributed by atoms with Gasteiger partial charge in [-0.15, -0.1) is 11.8 Å².